The van der Waals surface area contributed by atoms with E-state index < -0.39 is 5.97 Å². The van der Waals surface area contributed by atoms with E-state index in [-0.39, 0.29) is 6.61 Å². The lowest BCUT2D eigenvalue weighted by Crippen LogP contribution is -2.09. The second-order valence-electron chi connectivity index (χ2n) is 3.13. The monoisotopic (exact) mass is 281 g/mol. The van der Waals surface area contributed by atoms with Crippen molar-refractivity contribution in [1.29, 1.82) is 0 Å². The highest BCUT2D eigenvalue weighted by atomic mass is 79.9. The number of benzene rings is 1. The Morgan fingerprint density at radius 1 is 1.44 bits per heavy atom. The molecule has 1 aromatic heterocycles. The fourth-order valence-electron chi connectivity index (χ4n) is 1.35. The minimum atomic E-state index is -1.00. The lowest BCUT2D eigenvalue weighted by Gasteiger charge is -2.07. The molecule has 0 bridgehead atoms. The molecule has 16 heavy (non-hydrogen) atoms. The summed E-state index contributed by atoms with van der Waals surface area (Å²) in [5.41, 5.74) is 0.831. The molecule has 5 heteroatoms. The smallest absolute Gasteiger partial charge is 0.341 e. The van der Waals surface area contributed by atoms with Crippen LogP contribution in [0.1, 0.15) is 0 Å². The second kappa shape index (κ2) is 4.49. The third-order valence-electron chi connectivity index (χ3n) is 2.04. The topological polar surface area (TPSA) is 59.4 Å². The summed E-state index contributed by atoms with van der Waals surface area (Å²) in [7, 11) is 0. The molecule has 82 valence electrons. The van der Waals surface area contributed by atoms with Crippen molar-refractivity contribution < 1.29 is 14.6 Å². The Balaban J connectivity index is 2.40. The van der Waals surface area contributed by atoms with E-state index in [4.69, 9.17) is 9.84 Å². The number of aromatic nitrogens is 1. The third-order valence-corrected chi connectivity index (χ3v) is 2.85. The lowest BCUT2D eigenvalue weighted by atomic mass is 10.2. The summed E-state index contributed by atoms with van der Waals surface area (Å²) >= 11 is 3.37. The van der Waals surface area contributed by atoms with E-state index in [1.54, 1.807) is 18.3 Å². The van der Waals surface area contributed by atoms with Crippen LogP contribution in [-0.2, 0) is 4.79 Å². The first kappa shape index (κ1) is 10.9. The number of rotatable bonds is 3. The molecule has 0 spiro atoms. The summed E-state index contributed by atoms with van der Waals surface area (Å²) < 4.78 is 5.85. The Kier molecular flexibility index (Phi) is 3.05. The van der Waals surface area contributed by atoms with Gasteiger partial charge in [-0.1, -0.05) is 6.07 Å². The molecule has 1 N–H and O–H groups in total. The quantitative estimate of drug-likeness (QED) is 0.939. The molecular formula is C11H8BrNO3. The molecule has 1 heterocycles. The van der Waals surface area contributed by atoms with Gasteiger partial charge in [0.05, 0.1) is 9.99 Å². The van der Waals surface area contributed by atoms with Crippen molar-refractivity contribution in [2.24, 2.45) is 0 Å². The first-order valence-corrected chi connectivity index (χ1v) is 5.35. The number of pyridine rings is 1. The van der Waals surface area contributed by atoms with Gasteiger partial charge in [0.25, 0.3) is 0 Å². The highest BCUT2D eigenvalue weighted by Gasteiger charge is 2.07. The van der Waals surface area contributed by atoms with Crippen LogP contribution in [-0.4, -0.2) is 22.7 Å². The normalized spacial score (nSPS) is 10.3. The van der Waals surface area contributed by atoms with Crippen molar-refractivity contribution in [2.45, 2.75) is 0 Å². The summed E-state index contributed by atoms with van der Waals surface area (Å²) in [5.74, 6) is -0.499. The summed E-state index contributed by atoms with van der Waals surface area (Å²) in [6, 6.07) is 7.19. The Morgan fingerprint density at radius 2 is 2.25 bits per heavy atom. The molecule has 0 saturated heterocycles. The second-order valence-corrected chi connectivity index (χ2v) is 3.92. The van der Waals surface area contributed by atoms with Crippen LogP contribution < -0.4 is 4.74 Å². The number of fused-ring (bicyclic) bond motifs is 1. The Morgan fingerprint density at radius 3 is 3.00 bits per heavy atom. The van der Waals surface area contributed by atoms with Crippen LogP contribution in [0.15, 0.2) is 34.9 Å². The summed E-state index contributed by atoms with van der Waals surface area (Å²) in [6.07, 6.45) is 1.70. The van der Waals surface area contributed by atoms with Crippen molar-refractivity contribution in [2.75, 3.05) is 6.61 Å². The molecule has 0 saturated carbocycles. The number of hydrogen-bond acceptors (Lipinski definition) is 3. The van der Waals surface area contributed by atoms with Gasteiger partial charge in [-0.25, -0.2) is 4.79 Å². The van der Waals surface area contributed by atoms with E-state index in [2.05, 4.69) is 20.9 Å². The molecule has 2 rings (SSSR count). The van der Waals surface area contributed by atoms with Gasteiger partial charge in [0, 0.05) is 11.6 Å². The van der Waals surface area contributed by atoms with Crippen molar-refractivity contribution in [3.63, 3.8) is 0 Å². The maximum absolute atomic E-state index is 10.4. The minimum Gasteiger partial charge on any atom is -0.481 e. The molecule has 0 atom stereocenters. The Bertz CT molecular complexity index is 542. The van der Waals surface area contributed by atoms with E-state index >= 15 is 0 Å². The van der Waals surface area contributed by atoms with Crippen LogP contribution in [0.4, 0.5) is 0 Å². The van der Waals surface area contributed by atoms with E-state index in [0.717, 1.165) is 15.4 Å². The third kappa shape index (κ3) is 2.14. The van der Waals surface area contributed by atoms with Gasteiger partial charge < -0.3 is 9.84 Å². The van der Waals surface area contributed by atoms with Crippen LogP contribution in [0.5, 0.6) is 5.75 Å². The largest absolute Gasteiger partial charge is 0.481 e. The maximum Gasteiger partial charge on any atom is 0.341 e. The standard InChI is InChI=1S/C11H8BrNO3/c12-11-7-2-1-5-13-8(7)3-4-9(11)16-6-10(14)15/h1-5H,6H2,(H,14,15). The number of hydrogen-bond donors (Lipinski definition) is 1. The minimum absolute atomic E-state index is 0.357. The average Bonchev–Trinajstić information content (AvgIpc) is 2.28. The molecule has 4 nitrogen and oxygen atoms in total. The number of carboxylic acids is 1. The van der Waals surface area contributed by atoms with Crippen molar-refractivity contribution >= 4 is 32.8 Å². The molecule has 0 aliphatic heterocycles. The molecule has 2 aromatic rings. The maximum atomic E-state index is 10.4. The summed E-state index contributed by atoms with van der Waals surface area (Å²) in [5, 5.41) is 9.42. The van der Waals surface area contributed by atoms with Crippen molar-refractivity contribution in [3.8, 4) is 5.75 Å². The van der Waals surface area contributed by atoms with Crippen LogP contribution in [0.2, 0.25) is 0 Å². The molecule has 0 unspecified atom stereocenters. The van der Waals surface area contributed by atoms with Gasteiger partial charge in [-0.15, -0.1) is 0 Å². The van der Waals surface area contributed by atoms with Gasteiger partial charge in [0.15, 0.2) is 6.61 Å². The Hall–Kier alpha value is -1.62. The molecule has 0 amide bonds. The van der Waals surface area contributed by atoms with Crippen molar-refractivity contribution in [1.82, 2.24) is 4.98 Å². The van der Waals surface area contributed by atoms with Crippen LogP contribution in [0.3, 0.4) is 0 Å². The number of halogens is 1. The van der Waals surface area contributed by atoms with Crippen LogP contribution >= 0.6 is 15.9 Å². The van der Waals surface area contributed by atoms with Gasteiger partial charge in [-0.3, -0.25) is 4.98 Å². The number of aliphatic carboxylic acids is 1. The molecule has 1 aromatic carbocycles. The van der Waals surface area contributed by atoms with E-state index in [9.17, 15) is 4.79 Å². The zero-order valence-corrected chi connectivity index (χ0v) is 9.77. The number of carbonyl (C=O) groups is 1. The molecule has 0 aliphatic carbocycles. The predicted octanol–water partition coefficient (Wildman–Crippen LogP) is 2.46. The molecular weight excluding hydrogens is 274 g/mol. The number of carboxylic acid groups (broad SMARTS) is 1. The SMILES string of the molecule is O=C(O)COc1ccc2ncccc2c1Br. The predicted molar refractivity (Wildman–Crippen MR) is 62.6 cm³/mol. The van der Waals surface area contributed by atoms with E-state index in [0.29, 0.717) is 5.75 Å². The van der Waals surface area contributed by atoms with Gasteiger partial charge in [0.2, 0.25) is 0 Å². The number of ether oxygens (including phenoxy) is 1. The zero-order chi connectivity index (χ0) is 11.5. The van der Waals surface area contributed by atoms with Crippen molar-refractivity contribution in [3.05, 3.63) is 34.9 Å². The van der Waals surface area contributed by atoms with Gasteiger partial charge in [-0.05, 0) is 34.1 Å². The lowest BCUT2D eigenvalue weighted by molar-refractivity contribution is -0.139. The summed E-state index contributed by atoms with van der Waals surface area (Å²) in [4.78, 5) is 14.6. The molecule has 0 fully saturated rings. The van der Waals surface area contributed by atoms with Crippen LogP contribution in [0, 0.1) is 0 Å². The first-order chi connectivity index (χ1) is 7.68. The van der Waals surface area contributed by atoms with Gasteiger partial charge in [-0.2, -0.15) is 0 Å². The van der Waals surface area contributed by atoms with E-state index in [1.165, 1.54) is 0 Å². The van der Waals surface area contributed by atoms with Gasteiger partial charge in [0.1, 0.15) is 5.75 Å². The van der Waals surface area contributed by atoms with Crippen LogP contribution in [0.25, 0.3) is 10.9 Å². The molecule has 0 radical (unpaired) electrons. The van der Waals surface area contributed by atoms with E-state index in [1.807, 2.05) is 12.1 Å². The zero-order valence-electron chi connectivity index (χ0n) is 8.18. The molecule has 0 aliphatic rings. The number of nitrogens with zero attached hydrogens (tertiary/aromatic N) is 1. The fraction of sp³-hybridized carbons (Fsp3) is 0.0909. The highest BCUT2D eigenvalue weighted by Crippen LogP contribution is 2.31. The summed E-state index contributed by atoms with van der Waals surface area (Å²) in [6.45, 7) is -0.357. The highest BCUT2D eigenvalue weighted by molar-refractivity contribution is 9.10. The fourth-order valence-corrected chi connectivity index (χ4v) is 1.93. The van der Waals surface area contributed by atoms with Gasteiger partial charge >= 0.3 is 5.97 Å². The Labute approximate surface area is 100.0 Å². The first-order valence-electron chi connectivity index (χ1n) is 4.56. The average molecular weight is 282 g/mol.